The summed E-state index contributed by atoms with van der Waals surface area (Å²) in [6, 6.07) is 9.58. The molecule has 2 heteroatoms. The fraction of sp³-hybridized carbons (Fsp3) is 0.500. The molecule has 1 heterocycles. The molecule has 76 valence electrons. The van der Waals surface area contributed by atoms with Crippen LogP contribution in [-0.4, -0.2) is 9.16 Å². The highest BCUT2D eigenvalue weighted by Gasteiger charge is 2.22. The van der Waals surface area contributed by atoms with Gasteiger partial charge in [-0.1, -0.05) is 37.6 Å². The highest BCUT2D eigenvalue weighted by Crippen LogP contribution is 2.27. The molecular formula is C12H16IN. The van der Waals surface area contributed by atoms with Crippen molar-refractivity contribution >= 4 is 22.9 Å². The maximum atomic E-state index is 2.47. The molecule has 0 N–H and O–H groups in total. The second-order valence-corrected chi connectivity index (χ2v) is 5.21. The lowest BCUT2D eigenvalue weighted by Crippen LogP contribution is -2.33. The number of hydrogen-bond donors (Lipinski definition) is 0. The van der Waals surface area contributed by atoms with E-state index in [4.69, 9.17) is 0 Å². The van der Waals surface area contributed by atoms with Crippen molar-refractivity contribution in [2.75, 3.05) is 0 Å². The summed E-state index contributed by atoms with van der Waals surface area (Å²) in [5.41, 5.74) is 3.06. The zero-order valence-electron chi connectivity index (χ0n) is 8.54. The normalized spacial score (nSPS) is 22.0. The molecule has 2 rings (SSSR count). The SMILES string of the molecule is CCC[C@@H]1Cc2ccccc2CN1I. The van der Waals surface area contributed by atoms with E-state index in [2.05, 4.69) is 57.2 Å². The predicted molar refractivity (Wildman–Crippen MR) is 68.4 cm³/mol. The zero-order chi connectivity index (χ0) is 9.97. The Labute approximate surface area is 100.0 Å². The third-order valence-corrected chi connectivity index (χ3v) is 4.04. The molecule has 0 aromatic heterocycles. The Morgan fingerprint density at radius 3 is 2.79 bits per heavy atom. The van der Waals surface area contributed by atoms with Crippen molar-refractivity contribution in [2.45, 2.75) is 38.8 Å². The molecule has 0 radical (unpaired) electrons. The number of rotatable bonds is 2. The summed E-state index contributed by atoms with van der Waals surface area (Å²) in [6.07, 6.45) is 3.83. The summed E-state index contributed by atoms with van der Waals surface area (Å²) < 4.78 is 2.46. The summed E-state index contributed by atoms with van der Waals surface area (Å²) >= 11 is 2.47. The first-order chi connectivity index (χ1) is 6.81. The van der Waals surface area contributed by atoms with Gasteiger partial charge in [0.05, 0.1) is 0 Å². The van der Waals surface area contributed by atoms with Crippen molar-refractivity contribution in [1.29, 1.82) is 0 Å². The van der Waals surface area contributed by atoms with Gasteiger partial charge in [0.25, 0.3) is 0 Å². The van der Waals surface area contributed by atoms with Gasteiger partial charge in [0, 0.05) is 35.5 Å². The maximum absolute atomic E-state index is 2.47. The molecule has 1 aromatic rings. The Morgan fingerprint density at radius 1 is 1.36 bits per heavy atom. The zero-order valence-corrected chi connectivity index (χ0v) is 10.7. The molecule has 0 saturated carbocycles. The average molecular weight is 301 g/mol. The molecule has 1 aromatic carbocycles. The van der Waals surface area contributed by atoms with Crippen molar-refractivity contribution in [1.82, 2.24) is 3.11 Å². The highest BCUT2D eigenvalue weighted by molar-refractivity contribution is 14.1. The number of benzene rings is 1. The van der Waals surface area contributed by atoms with Crippen LogP contribution in [0.1, 0.15) is 30.9 Å². The summed E-state index contributed by atoms with van der Waals surface area (Å²) in [4.78, 5) is 0. The van der Waals surface area contributed by atoms with Crippen molar-refractivity contribution < 1.29 is 0 Å². The van der Waals surface area contributed by atoms with E-state index < -0.39 is 0 Å². The van der Waals surface area contributed by atoms with Gasteiger partial charge in [-0.2, -0.15) is 0 Å². The van der Waals surface area contributed by atoms with Crippen LogP contribution in [-0.2, 0) is 13.0 Å². The van der Waals surface area contributed by atoms with E-state index in [1.54, 1.807) is 5.56 Å². The second kappa shape index (κ2) is 4.62. The smallest absolute Gasteiger partial charge is 0.0338 e. The molecule has 14 heavy (non-hydrogen) atoms. The van der Waals surface area contributed by atoms with E-state index in [0.717, 1.165) is 12.6 Å². The molecule has 0 bridgehead atoms. The third kappa shape index (κ3) is 2.11. The van der Waals surface area contributed by atoms with Gasteiger partial charge in [-0.25, -0.2) is 3.11 Å². The minimum absolute atomic E-state index is 0.746. The number of fused-ring (bicyclic) bond motifs is 1. The van der Waals surface area contributed by atoms with Gasteiger partial charge in [0.2, 0.25) is 0 Å². The molecule has 0 unspecified atom stereocenters. The summed E-state index contributed by atoms with van der Waals surface area (Å²) in [7, 11) is 0. The van der Waals surface area contributed by atoms with Gasteiger partial charge >= 0.3 is 0 Å². The van der Waals surface area contributed by atoms with E-state index in [0.29, 0.717) is 0 Å². The fourth-order valence-electron chi connectivity index (χ4n) is 2.13. The van der Waals surface area contributed by atoms with Crippen molar-refractivity contribution in [2.24, 2.45) is 0 Å². The highest BCUT2D eigenvalue weighted by atomic mass is 127. The molecule has 0 spiro atoms. The number of hydrogen-bond acceptors (Lipinski definition) is 1. The van der Waals surface area contributed by atoms with Crippen molar-refractivity contribution in [3.8, 4) is 0 Å². The first-order valence-corrected chi connectivity index (χ1v) is 6.27. The van der Waals surface area contributed by atoms with Crippen LogP contribution in [0, 0.1) is 0 Å². The monoisotopic (exact) mass is 301 g/mol. The van der Waals surface area contributed by atoms with Crippen LogP contribution >= 0.6 is 22.9 Å². The summed E-state index contributed by atoms with van der Waals surface area (Å²) in [5, 5.41) is 0. The number of nitrogens with zero attached hydrogens (tertiary/aromatic N) is 1. The van der Waals surface area contributed by atoms with E-state index in [1.807, 2.05) is 0 Å². The average Bonchev–Trinajstić information content (AvgIpc) is 2.19. The Hall–Kier alpha value is -0.0900. The van der Waals surface area contributed by atoms with Crippen molar-refractivity contribution in [3.05, 3.63) is 35.4 Å². The first kappa shape index (κ1) is 10.4. The Balaban J connectivity index is 2.18. The molecule has 1 aliphatic rings. The van der Waals surface area contributed by atoms with Crippen LogP contribution in [0.25, 0.3) is 0 Å². The van der Waals surface area contributed by atoms with E-state index in [9.17, 15) is 0 Å². The Morgan fingerprint density at radius 2 is 2.07 bits per heavy atom. The second-order valence-electron chi connectivity index (χ2n) is 3.97. The van der Waals surface area contributed by atoms with Gasteiger partial charge < -0.3 is 0 Å². The Bertz CT molecular complexity index is 311. The Kier molecular flexibility index (Phi) is 3.44. The molecule has 1 atom stereocenters. The van der Waals surface area contributed by atoms with Crippen LogP contribution < -0.4 is 0 Å². The summed E-state index contributed by atoms with van der Waals surface area (Å²) in [6.45, 7) is 3.38. The predicted octanol–water partition coefficient (Wildman–Crippen LogP) is 3.56. The first-order valence-electron chi connectivity index (χ1n) is 5.30. The lowest BCUT2D eigenvalue weighted by Gasteiger charge is -2.32. The molecule has 0 saturated heterocycles. The summed E-state index contributed by atoms with van der Waals surface area (Å²) in [5.74, 6) is 0. The van der Waals surface area contributed by atoms with Crippen LogP contribution in [0.15, 0.2) is 24.3 Å². The van der Waals surface area contributed by atoms with Gasteiger partial charge in [0.15, 0.2) is 0 Å². The van der Waals surface area contributed by atoms with Crippen LogP contribution in [0.2, 0.25) is 0 Å². The minimum atomic E-state index is 0.746. The molecule has 1 nitrogen and oxygen atoms in total. The standard InChI is InChI=1S/C12H16IN/c1-2-5-12-8-10-6-3-4-7-11(10)9-14(12)13/h3-4,6-7,12H,2,5,8-9H2,1H3/t12-/m1/s1. The molecular weight excluding hydrogens is 285 g/mol. The van der Waals surface area contributed by atoms with E-state index in [-0.39, 0.29) is 0 Å². The third-order valence-electron chi connectivity index (χ3n) is 2.91. The van der Waals surface area contributed by atoms with Gasteiger partial charge in [0.1, 0.15) is 0 Å². The van der Waals surface area contributed by atoms with Crippen LogP contribution in [0.4, 0.5) is 0 Å². The minimum Gasteiger partial charge on any atom is -0.240 e. The van der Waals surface area contributed by atoms with Gasteiger partial charge in [-0.15, -0.1) is 0 Å². The van der Waals surface area contributed by atoms with Gasteiger partial charge in [-0.3, -0.25) is 0 Å². The lowest BCUT2D eigenvalue weighted by molar-refractivity contribution is 0.329. The topological polar surface area (TPSA) is 3.24 Å². The molecule has 0 amide bonds. The molecule has 0 fully saturated rings. The fourth-order valence-corrected chi connectivity index (χ4v) is 2.97. The van der Waals surface area contributed by atoms with Crippen LogP contribution in [0.3, 0.4) is 0 Å². The molecule has 1 aliphatic heterocycles. The molecule has 0 aliphatic carbocycles. The maximum Gasteiger partial charge on any atom is 0.0338 e. The number of halogens is 1. The van der Waals surface area contributed by atoms with Crippen LogP contribution in [0.5, 0.6) is 0 Å². The largest absolute Gasteiger partial charge is 0.240 e. The van der Waals surface area contributed by atoms with Gasteiger partial charge in [-0.05, 0) is 24.0 Å². The van der Waals surface area contributed by atoms with E-state index in [1.165, 1.54) is 24.8 Å². The van der Waals surface area contributed by atoms with E-state index >= 15 is 0 Å². The quantitative estimate of drug-likeness (QED) is 0.596. The van der Waals surface area contributed by atoms with Crippen molar-refractivity contribution in [3.63, 3.8) is 0 Å². The lowest BCUT2D eigenvalue weighted by atomic mass is 9.94.